The van der Waals surface area contributed by atoms with Crippen molar-refractivity contribution in [3.8, 4) is 0 Å². The predicted molar refractivity (Wildman–Crippen MR) is 81.9 cm³/mol. The number of anilines is 1. The summed E-state index contributed by atoms with van der Waals surface area (Å²) in [5.74, 6) is 1.50. The number of nitrogen functional groups attached to an aromatic ring is 1. The zero-order valence-electron chi connectivity index (χ0n) is 11.2. The van der Waals surface area contributed by atoms with Gasteiger partial charge in [0.2, 0.25) is 0 Å². The molecule has 1 aromatic carbocycles. The van der Waals surface area contributed by atoms with E-state index in [-0.39, 0.29) is 0 Å². The Labute approximate surface area is 122 Å². The van der Waals surface area contributed by atoms with Gasteiger partial charge in [-0.15, -0.1) is 0 Å². The number of hydrogen-bond donors (Lipinski definition) is 1. The Balaban J connectivity index is 2.12. The maximum absolute atomic E-state index is 6.21. The van der Waals surface area contributed by atoms with E-state index in [4.69, 9.17) is 17.3 Å². The number of imidazole rings is 1. The molecule has 20 heavy (non-hydrogen) atoms. The molecule has 2 heterocycles. The van der Waals surface area contributed by atoms with Gasteiger partial charge in [-0.1, -0.05) is 30.7 Å². The van der Waals surface area contributed by atoms with Crippen LogP contribution in [-0.4, -0.2) is 14.5 Å². The highest BCUT2D eigenvalue weighted by atomic mass is 35.5. The first-order chi connectivity index (χ1) is 9.69. The van der Waals surface area contributed by atoms with Crippen LogP contribution in [0.5, 0.6) is 0 Å². The molecule has 0 amide bonds. The molecule has 2 aromatic heterocycles. The number of para-hydroxylation sites is 2. The molecule has 0 fully saturated rings. The zero-order valence-corrected chi connectivity index (χ0v) is 11.9. The van der Waals surface area contributed by atoms with E-state index in [2.05, 4.69) is 27.5 Å². The second kappa shape index (κ2) is 5.13. The number of rotatable bonds is 3. The standard InChI is InChI=1S/C15H15ClN4/c1-2-15-19-11-5-3-4-6-13(11)20(15)9-12-10(16)7-8-14(17)18-12/h3-8H,2,9H2,1H3,(H2,17,18). The topological polar surface area (TPSA) is 56.7 Å². The molecule has 0 aliphatic heterocycles. The average molecular weight is 287 g/mol. The molecule has 3 aromatic rings. The van der Waals surface area contributed by atoms with Gasteiger partial charge in [0.15, 0.2) is 0 Å². The largest absolute Gasteiger partial charge is 0.384 e. The van der Waals surface area contributed by atoms with E-state index < -0.39 is 0 Å². The van der Waals surface area contributed by atoms with Gasteiger partial charge in [0.25, 0.3) is 0 Å². The third kappa shape index (κ3) is 2.23. The SMILES string of the molecule is CCc1nc2ccccc2n1Cc1nc(N)ccc1Cl. The van der Waals surface area contributed by atoms with Crippen molar-refractivity contribution >= 4 is 28.5 Å². The molecule has 0 saturated carbocycles. The van der Waals surface area contributed by atoms with E-state index in [1.54, 1.807) is 12.1 Å². The van der Waals surface area contributed by atoms with Crippen molar-refractivity contribution in [3.63, 3.8) is 0 Å². The minimum Gasteiger partial charge on any atom is -0.384 e. The third-order valence-corrected chi connectivity index (χ3v) is 3.64. The number of halogens is 1. The summed E-state index contributed by atoms with van der Waals surface area (Å²) in [5, 5.41) is 0.624. The van der Waals surface area contributed by atoms with Gasteiger partial charge in [-0.2, -0.15) is 0 Å². The van der Waals surface area contributed by atoms with Crippen molar-refractivity contribution in [2.24, 2.45) is 0 Å². The number of aryl methyl sites for hydroxylation is 1. The van der Waals surface area contributed by atoms with Crippen LogP contribution in [0.3, 0.4) is 0 Å². The van der Waals surface area contributed by atoms with E-state index in [1.165, 1.54) is 0 Å². The molecule has 2 N–H and O–H groups in total. The van der Waals surface area contributed by atoms with Crippen LogP contribution in [0, 0.1) is 0 Å². The highest BCUT2D eigenvalue weighted by molar-refractivity contribution is 6.31. The Morgan fingerprint density at radius 3 is 2.75 bits per heavy atom. The zero-order chi connectivity index (χ0) is 14.1. The molecular weight excluding hydrogens is 272 g/mol. The Hall–Kier alpha value is -2.07. The van der Waals surface area contributed by atoms with Gasteiger partial charge in [-0.3, -0.25) is 0 Å². The molecular formula is C15H15ClN4. The monoisotopic (exact) mass is 286 g/mol. The van der Waals surface area contributed by atoms with Crippen molar-refractivity contribution < 1.29 is 0 Å². The summed E-state index contributed by atoms with van der Waals surface area (Å²) in [6.45, 7) is 2.67. The second-order valence-corrected chi connectivity index (χ2v) is 5.03. The van der Waals surface area contributed by atoms with E-state index in [9.17, 15) is 0 Å². The van der Waals surface area contributed by atoms with Gasteiger partial charge in [0.1, 0.15) is 11.6 Å². The third-order valence-electron chi connectivity index (χ3n) is 3.30. The smallest absolute Gasteiger partial charge is 0.123 e. The van der Waals surface area contributed by atoms with Crippen molar-refractivity contribution in [2.45, 2.75) is 19.9 Å². The molecule has 5 heteroatoms. The van der Waals surface area contributed by atoms with Gasteiger partial charge in [-0.05, 0) is 24.3 Å². The Morgan fingerprint density at radius 1 is 1.15 bits per heavy atom. The van der Waals surface area contributed by atoms with Crippen LogP contribution in [0.1, 0.15) is 18.4 Å². The lowest BCUT2D eigenvalue weighted by Crippen LogP contribution is -2.07. The summed E-state index contributed by atoms with van der Waals surface area (Å²) >= 11 is 6.21. The van der Waals surface area contributed by atoms with Crippen molar-refractivity contribution in [2.75, 3.05) is 5.73 Å². The van der Waals surface area contributed by atoms with Crippen molar-refractivity contribution in [3.05, 3.63) is 52.9 Å². The van der Waals surface area contributed by atoms with Crippen LogP contribution in [0.4, 0.5) is 5.82 Å². The minimum atomic E-state index is 0.479. The van der Waals surface area contributed by atoms with E-state index in [0.29, 0.717) is 17.4 Å². The maximum atomic E-state index is 6.21. The molecule has 0 aliphatic carbocycles. The number of nitrogens with zero attached hydrogens (tertiary/aromatic N) is 3. The summed E-state index contributed by atoms with van der Waals surface area (Å²) in [5.41, 5.74) is 8.59. The van der Waals surface area contributed by atoms with Crippen LogP contribution in [0.25, 0.3) is 11.0 Å². The number of nitrogens with two attached hydrogens (primary N) is 1. The lowest BCUT2D eigenvalue weighted by atomic mass is 10.3. The molecule has 0 aliphatic rings. The van der Waals surface area contributed by atoms with E-state index in [0.717, 1.165) is 29.0 Å². The second-order valence-electron chi connectivity index (χ2n) is 4.62. The molecule has 0 bridgehead atoms. The number of pyridine rings is 1. The van der Waals surface area contributed by atoms with E-state index in [1.807, 2.05) is 18.2 Å². The normalized spacial score (nSPS) is 11.1. The number of fused-ring (bicyclic) bond motifs is 1. The van der Waals surface area contributed by atoms with Crippen LogP contribution in [-0.2, 0) is 13.0 Å². The fraction of sp³-hybridized carbons (Fsp3) is 0.200. The van der Waals surface area contributed by atoms with E-state index >= 15 is 0 Å². The minimum absolute atomic E-state index is 0.479. The summed E-state index contributed by atoms with van der Waals surface area (Å²) < 4.78 is 2.14. The first-order valence-corrected chi connectivity index (χ1v) is 6.92. The van der Waals surface area contributed by atoms with Gasteiger partial charge in [0.05, 0.1) is 28.3 Å². The number of aromatic nitrogens is 3. The molecule has 3 rings (SSSR count). The van der Waals surface area contributed by atoms with Crippen LogP contribution < -0.4 is 5.73 Å². The average Bonchev–Trinajstić information content (AvgIpc) is 2.81. The molecule has 0 atom stereocenters. The van der Waals surface area contributed by atoms with Gasteiger partial charge in [-0.25, -0.2) is 9.97 Å². The predicted octanol–water partition coefficient (Wildman–Crippen LogP) is 3.28. The fourth-order valence-corrected chi connectivity index (χ4v) is 2.50. The quantitative estimate of drug-likeness (QED) is 0.804. The lowest BCUT2D eigenvalue weighted by Gasteiger charge is -2.09. The summed E-state index contributed by atoms with van der Waals surface area (Å²) in [6, 6.07) is 11.6. The summed E-state index contributed by atoms with van der Waals surface area (Å²) in [6.07, 6.45) is 0.856. The van der Waals surface area contributed by atoms with Gasteiger partial charge in [0, 0.05) is 6.42 Å². The first kappa shape index (κ1) is 12.9. The van der Waals surface area contributed by atoms with Gasteiger partial charge >= 0.3 is 0 Å². The molecule has 0 radical (unpaired) electrons. The fourth-order valence-electron chi connectivity index (χ4n) is 2.33. The van der Waals surface area contributed by atoms with Crippen LogP contribution >= 0.6 is 11.6 Å². The highest BCUT2D eigenvalue weighted by Crippen LogP contribution is 2.21. The molecule has 0 unspecified atom stereocenters. The Kier molecular flexibility index (Phi) is 3.32. The molecule has 4 nitrogen and oxygen atoms in total. The number of hydrogen-bond acceptors (Lipinski definition) is 3. The van der Waals surface area contributed by atoms with Crippen LogP contribution in [0.15, 0.2) is 36.4 Å². The number of benzene rings is 1. The molecule has 102 valence electrons. The Bertz CT molecular complexity index is 764. The van der Waals surface area contributed by atoms with Crippen molar-refractivity contribution in [1.29, 1.82) is 0 Å². The highest BCUT2D eigenvalue weighted by Gasteiger charge is 2.11. The first-order valence-electron chi connectivity index (χ1n) is 6.54. The van der Waals surface area contributed by atoms with Gasteiger partial charge < -0.3 is 10.3 Å². The Morgan fingerprint density at radius 2 is 1.95 bits per heavy atom. The molecule has 0 saturated heterocycles. The maximum Gasteiger partial charge on any atom is 0.123 e. The van der Waals surface area contributed by atoms with Crippen molar-refractivity contribution in [1.82, 2.24) is 14.5 Å². The molecule has 0 spiro atoms. The summed E-state index contributed by atoms with van der Waals surface area (Å²) in [4.78, 5) is 8.97. The van der Waals surface area contributed by atoms with Crippen LogP contribution in [0.2, 0.25) is 5.02 Å². The summed E-state index contributed by atoms with van der Waals surface area (Å²) in [7, 11) is 0. The lowest BCUT2D eigenvalue weighted by molar-refractivity contribution is 0.737.